The average Bonchev–Trinajstić information content (AvgIpc) is 2.93. The highest BCUT2D eigenvalue weighted by atomic mass is 16.5. The van der Waals surface area contributed by atoms with Crippen molar-refractivity contribution in [3.05, 3.63) is 23.7 Å². The second-order valence-electron chi connectivity index (χ2n) is 7.29. The Morgan fingerprint density at radius 2 is 2.17 bits per heavy atom. The zero-order valence-electron chi connectivity index (χ0n) is 12.8. The fourth-order valence-electron chi connectivity index (χ4n) is 3.89. The summed E-state index contributed by atoms with van der Waals surface area (Å²) >= 11 is 0. The zero-order valence-corrected chi connectivity index (χ0v) is 12.8. The summed E-state index contributed by atoms with van der Waals surface area (Å²) in [5, 5.41) is 9.40. The van der Waals surface area contributed by atoms with Crippen LogP contribution in [0.4, 0.5) is 0 Å². The molecule has 0 radical (unpaired) electrons. The number of hydrogen-bond acceptors (Lipinski definition) is 5. The minimum atomic E-state index is -1.04. The van der Waals surface area contributed by atoms with Gasteiger partial charge in [0.15, 0.2) is 0 Å². The predicted octanol–water partition coefficient (Wildman–Crippen LogP) is 1.79. The van der Waals surface area contributed by atoms with Crippen LogP contribution in [0.5, 0.6) is 5.88 Å². The highest BCUT2D eigenvalue weighted by Crippen LogP contribution is 2.58. The minimum absolute atomic E-state index is 0.0182. The van der Waals surface area contributed by atoms with Gasteiger partial charge in [0, 0.05) is 17.8 Å². The Morgan fingerprint density at radius 1 is 1.39 bits per heavy atom. The second-order valence-corrected chi connectivity index (χ2v) is 7.29. The van der Waals surface area contributed by atoms with Crippen molar-refractivity contribution in [2.45, 2.75) is 49.7 Å². The van der Waals surface area contributed by atoms with Crippen LogP contribution in [0.25, 0.3) is 5.78 Å². The first-order valence-corrected chi connectivity index (χ1v) is 7.91. The molecule has 4 fully saturated rings. The normalized spacial score (nSPS) is 32.0. The van der Waals surface area contributed by atoms with Crippen molar-refractivity contribution in [2.24, 2.45) is 0 Å². The third-order valence-corrected chi connectivity index (χ3v) is 5.11. The third kappa shape index (κ3) is 1.89. The molecule has 2 aromatic heterocycles. The van der Waals surface area contributed by atoms with Gasteiger partial charge in [0.25, 0.3) is 0 Å². The van der Waals surface area contributed by atoms with Gasteiger partial charge in [0.1, 0.15) is 11.7 Å². The summed E-state index contributed by atoms with van der Waals surface area (Å²) < 4.78 is 13.1. The molecule has 23 heavy (non-hydrogen) atoms. The van der Waals surface area contributed by atoms with Crippen LogP contribution in [0.15, 0.2) is 12.4 Å². The molecule has 1 N–H and O–H groups in total. The van der Waals surface area contributed by atoms with Crippen LogP contribution in [0.1, 0.15) is 48.7 Å². The fourth-order valence-corrected chi connectivity index (χ4v) is 3.89. The Hall–Kier alpha value is -2.15. The first-order chi connectivity index (χ1) is 11.0. The molecule has 0 aromatic carbocycles. The Bertz CT molecular complexity index is 833. The minimum Gasteiger partial charge on any atom is -0.477 e. The zero-order chi connectivity index (χ0) is 15.8. The summed E-state index contributed by atoms with van der Waals surface area (Å²) in [6, 6.07) is 0. The van der Waals surface area contributed by atoms with Gasteiger partial charge in [-0.25, -0.2) is 9.78 Å². The van der Waals surface area contributed by atoms with Crippen LogP contribution in [-0.2, 0) is 10.2 Å². The van der Waals surface area contributed by atoms with E-state index >= 15 is 0 Å². The van der Waals surface area contributed by atoms with Gasteiger partial charge >= 0.3 is 5.97 Å². The number of carboxylic acids is 1. The van der Waals surface area contributed by atoms with Crippen LogP contribution in [-0.4, -0.2) is 43.8 Å². The lowest BCUT2D eigenvalue weighted by molar-refractivity contribution is 0.0154. The van der Waals surface area contributed by atoms with Gasteiger partial charge in [-0.05, 0) is 32.6 Å². The van der Waals surface area contributed by atoms with E-state index in [1.165, 1.54) is 0 Å². The molecule has 7 heteroatoms. The molecule has 0 spiro atoms. The maximum absolute atomic E-state index is 11.5. The number of aromatic carboxylic acids is 1. The highest BCUT2D eigenvalue weighted by molar-refractivity contribution is 5.90. The molecule has 2 bridgehead atoms. The molecular formula is C16H17N3O4. The Kier molecular flexibility index (Phi) is 2.33. The van der Waals surface area contributed by atoms with Gasteiger partial charge in [0.2, 0.25) is 11.7 Å². The second kappa shape index (κ2) is 4.03. The monoisotopic (exact) mass is 315 g/mol. The van der Waals surface area contributed by atoms with Crippen LogP contribution >= 0.6 is 0 Å². The van der Waals surface area contributed by atoms with Crippen LogP contribution < -0.4 is 4.74 Å². The third-order valence-electron chi connectivity index (χ3n) is 5.11. The Balaban J connectivity index is 1.58. The van der Waals surface area contributed by atoms with E-state index in [1.807, 2.05) is 6.20 Å². The molecule has 120 valence electrons. The lowest BCUT2D eigenvalue weighted by Crippen LogP contribution is -2.45. The fraction of sp³-hybridized carbons (Fsp3) is 0.562. The maximum atomic E-state index is 11.5. The average molecular weight is 315 g/mol. The lowest BCUT2D eigenvalue weighted by Gasteiger charge is -2.41. The topological polar surface area (TPSA) is 86.0 Å². The van der Waals surface area contributed by atoms with Gasteiger partial charge in [-0.2, -0.15) is 4.98 Å². The van der Waals surface area contributed by atoms with Crippen LogP contribution in [0.2, 0.25) is 0 Å². The van der Waals surface area contributed by atoms with Crippen molar-refractivity contribution in [3.63, 3.8) is 0 Å². The summed E-state index contributed by atoms with van der Waals surface area (Å²) in [5.41, 5.74) is 0.950. The van der Waals surface area contributed by atoms with Gasteiger partial charge in [-0.1, -0.05) is 0 Å². The van der Waals surface area contributed by atoms with Crippen molar-refractivity contribution in [2.75, 3.05) is 6.61 Å². The van der Waals surface area contributed by atoms with Crippen molar-refractivity contribution in [1.82, 2.24) is 14.4 Å². The van der Waals surface area contributed by atoms with E-state index in [4.69, 9.17) is 9.47 Å². The van der Waals surface area contributed by atoms with Crippen LogP contribution in [0, 0.1) is 0 Å². The molecule has 0 atom stereocenters. The molecule has 2 saturated heterocycles. The molecule has 0 unspecified atom stereocenters. The summed E-state index contributed by atoms with van der Waals surface area (Å²) in [6.45, 7) is 2.79. The number of carboxylic acid groups (broad SMARTS) is 1. The molecule has 2 saturated carbocycles. The smallest absolute Gasteiger partial charge is 0.342 e. The van der Waals surface area contributed by atoms with E-state index in [1.54, 1.807) is 10.6 Å². The van der Waals surface area contributed by atoms with Gasteiger partial charge in [0.05, 0.1) is 17.9 Å². The van der Waals surface area contributed by atoms with Crippen molar-refractivity contribution < 1.29 is 19.4 Å². The SMILES string of the molecule is CC12CC(c3cn4cc(C(=O)O)c(OC5CC5)nc4n3)(CO1)C2. The summed E-state index contributed by atoms with van der Waals surface area (Å²) in [4.78, 5) is 20.4. The molecule has 6 rings (SSSR count). The van der Waals surface area contributed by atoms with E-state index < -0.39 is 5.97 Å². The molecule has 7 nitrogen and oxygen atoms in total. The maximum Gasteiger partial charge on any atom is 0.342 e. The largest absolute Gasteiger partial charge is 0.477 e. The number of hydrogen-bond donors (Lipinski definition) is 1. The lowest BCUT2D eigenvalue weighted by atomic mass is 9.62. The van der Waals surface area contributed by atoms with E-state index in [2.05, 4.69) is 16.9 Å². The molecule has 4 aliphatic rings. The molecule has 2 aromatic rings. The van der Waals surface area contributed by atoms with E-state index in [0.29, 0.717) is 12.4 Å². The van der Waals surface area contributed by atoms with Crippen molar-refractivity contribution in [1.29, 1.82) is 0 Å². The number of ether oxygens (including phenoxy) is 2. The quantitative estimate of drug-likeness (QED) is 0.925. The number of fused-ring (bicyclic) bond motifs is 2. The number of aromatic nitrogens is 3. The molecule has 0 amide bonds. The van der Waals surface area contributed by atoms with Crippen molar-refractivity contribution in [3.8, 4) is 5.88 Å². The van der Waals surface area contributed by atoms with Gasteiger partial charge < -0.3 is 14.6 Å². The first kappa shape index (κ1) is 13.3. The van der Waals surface area contributed by atoms with Crippen molar-refractivity contribution >= 4 is 11.7 Å². The Labute approximate surface area is 132 Å². The summed E-state index contributed by atoms with van der Waals surface area (Å²) in [7, 11) is 0. The molecule has 2 aliphatic heterocycles. The van der Waals surface area contributed by atoms with Gasteiger partial charge in [-0.15, -0.1) is 0 Å². The number of nitrogens with zero attached hydrogens (tertiary/aromatic N) is 3. The molecule has 4 heterocycles. The molecule has 2 aliphatic carbocycles. The summed E-state index contributed by atoms with van der Waals surface area (Å²) in [5.74, 6) is -0.386. The van der Waals surface area contributed by atoms with E-state index in [0.717, 1.165) is 31.4 Å². The number of imidazole rings is 1. The first-order valence-electron chi connectivity index (χ1n) is 7.91. The predicted molar refractivity (Wildman–Crippen MR) is 78.9 cm³/mol. The van der Waals surface area contributed by atoms with Crippen LogP contribution in [0.3, 0.4) is 0 Å². The van der Waals surface area contributed by atoms with E-state index in [-0.39, 0.29) is 28.6 Å². The number of carbonyl (C=O) groups is 1. The van der Waals surface area contributed by atoms with Gasteiger partial charge in [-0.3, -0.25) is 4.40 Å². The number of rotatable bonds is 4. The standard InChI is InChI=1S/C16H17N3O4/c1-15-6-16(7-15,8-22-15)11-5-19-4-10(13(20)21)12(18-14(19)17-11)23-9-2-3-9/h4-5,9H,2-3,6-8H2,1H3,(H,20,21). The highest BCUT2D eigenvalue weighted by Gasteiger charge is 2.61. The summed E-state index contributed by atoms with van der Waals surface area (Å²) in [6.07, 6.45) is 7.33. The Morgan fingerprint density at radius 3 is 2.78 bits per heavy atom. The van der Waals surface area contributed by atoms with E-state index in [9.17, 15) is 9.90 Å². The molecular weight excluding hydrogens is 298 g/mol.